The van der Waals surface area contributed by atoms with Gasteiger partial charge in [-0.15, -0.1) is 0 Å². The molecule has 3 nitrogen and oxygen atoms in total. The molecule has 0 amide bonds. The van der Waals surface area contributed by atoms with Crippen LogP contribution in [-0.2, 0) is 4.79 Å². The largest absolute Gasteiger partial charge is 0.396 e. The Morgan fingerprint density at radius 3 is 2.83 bits per heavy atom. The van der Waals surface area contributed by atoms with Gasteiger partial charge in [-0.25, -0.2) is 0 Å². The van der Waals surface area contributed by atoms with Gasteiger partial charge < -0.3 is 10.2 Å². The molecule has 2 N–H and O–H groups in total. The fourth-order valence-corrected chi connectivity index (χ4v) is 3.69. The zero-order chi connectivity index (χ0) is 13.5. The summed E-state index contributed by atoms with van der Waals surface area (Å²) in [5, 5.41) is 19.9. The Morgan fingerprint density at radius 1 is 1.56 bits per heavy atom. The van der Waals surface area contributed by atoms with Crippen molar-refractivity contribution in [3.05, 3.63) is 11.6 Å². The zero-order valence-electron chi connectivity index (χ0n) is 11.5. The standard InChI is InChI=1S/C15H24O3/c1-9-6-12-11(10(2)8-16)4-5-15(3,18)13(12)7-14(9)17/h6,10-13,16,18H,4-5,7-8H2,1-3H3/t10-,11+,12+,13+,15-/m1/s1. The van der Waals surface area contributed by atoms with Gasteiger partial charge in [0.2, 0.25) is 0 Å². The number of carbonyl (C=O) groups is 1. The van der Waals surface area contributed by atoms with Crippen LogP contribution in [0.4, 0.5) is 0 Å². The molecule has 1 fully saturated rings. The first-order chi connectivity index (χ1) is 8.36. The second-order valence-corrected chi connectivity index (χ2v) is 6.38. The van der Waals surface area contributed by atoms with E-state index in [1.165, 1.54) is 0 Å². The summed E-state index contributed by atoms with van der Waals surface area (Å²) in [4.78, 5) is 11.9. The van der Waals surface area contributed by atoms with E-state index in [9.17, 15) is 15.0 Å². The summed E-state index contributed by atoms with van der Waals surface area (Å²) in [5.41, 5.74) is 0.0764. The number of Topliss-reactive ketones (excluding diaryl/α,β-unsaturated/α-hetero) is 1. The Kier molecular flexibility index (Phi) is 3.65. The molecule has 3 heteroatoms. The fraction of sp³-hybridized carbons (Fsp3) is 0.800. The number of carbonyl (C=O) groups excluding carboxylic acids is 1. The molecule has 0 heterocycles. The quantitative estimate of drug-likeness (QED) is 0.789. The molecule has 0 bridgehead atoms. The Labute approximate surface area is 109 Å². The maximum Gasteiger partial charge on any atom is 0.158 e. The number of aliphatic hydroxyl groups excluding tert-OH is 1. The van der Waals surface area contributed by atoms with Gasteiger partial charge in [0.15, 0.2) is 5.78 Å². The molecule has 2 aliphatic carbocycles. The number of hydrogen-bond acceptors (Lipinski definition) is 3. The third-order valence-electron chi connectivity index (χ3n) is 5.05. The minimum absolute atomic E-state index is 0.0152. The number of rotatable bonds is 2. The molecule has 0 saturated heterocycles. The van der Waals surface area contributed by atoms with E-state index in [2.05, 4.69) is 6.92 Å². The van der Waals surface area contributed by atoms with Crippen LogP contribution in [0.15, 0.2) is 11.6 Å². The predicted octanol–water partition coefficient (Wildman–Crippen LogP) is 1.93. The van der Waals surface area contributed by atoms with Crippen molar-refractivity contribution in [2.45, 2.75) is 45.6 Å². The molecule has 0 aromatic heterocycles. The first-order valence-corrected chi connectivity index (χ1v) is 6.91. The van der Waals surface area contributed by atoms with Crippen LogP contribution in [0.5, 0.6) is 0 Å². The van der Waals surface area contributed by atoms with Gasteiger partial charge in [-0.3, -0.25) is 4.79 Å². The zero-order valence-corrected chi connectivity index (χ0v) is 11.5. The van der Waals surface area contributed by atoms with Gasteiger partial charge in [-0.2, -0.15) is 0 Å². The molecule has 102 valence electrons. The van der Waals surface area contributed by atoms with Gasteiger partial charge in [-0.05, 0) is 50.0 Å². The highest BCUT2D eigenvalue weighted by Gasteiger charge is 2.48. The van der Waals surface area contributed by atoms with Crippen LogP contribution in [0.2, 0.25) is 0 Å². The molecule has 0 spiro atoms. The van der Waals surface area contributed by atoms with Crippen molar-refractivity contribution in [3.8, 4) is 0 Å². The summed E-state index contributed by atoms with van der Waals surface area (Å²) in [6.07, 6.45) is 4.15. The Morgan fingerprint density at radius 2 is 2.22 bits per heavy atom. The summed E-state index contributed by atoms with van der Waals surface area (Å²) >= 11 is 0. The van der Waals surface area contributed by atoms with Crippen LogP contribution >= 0.6 is 0 Å². The van der Waals surface area contributed by atoms with Crippen molar-refractivity contribution in [1.82, 2.24) is 0 Å². The lowest BCUT2D eigenvalue weighted by molar-refractivity contribution is -0.127. The molecule has 18 heavy (non-hydrogen) atoms. The molecule has 2 rings (SSSR count). The lowest BCUT2D eigenvalue weighted by Crippen LogP contribution is -2.50. The number of fused-ring (bicyclic) bond motifs is 1. The molecule has 2 aliphatic rings. The molecular formula is C15H24O3. The molecular weight excluding hydrogens is 228 g/mol. The lowest BCUT2D eigenvalue weighted by atomic mass is 9.58. The fourth-order valence-electron chi connectivity index (χ4n) is 3.69. The molecule has 0 unspecified atom stereocenters. The highest BCUT2D eigenvalue weighted by molar-refractivity contribution is 5.95. The van der Waals surface area contributed by atoms with E-state index in [-0.39, 0.29) is 30.1 Å². The number of ketones is 1. The molecule has 0 aliphatic heterocycles. The van der Waals surface area contributed by atoms with Crippen molar-refractivity contribution >= 4 is 5.78 Å². The van der Waals surface area contributed by atoms with Gasteiger partial charge in [0.25, 0.3) is 0 Å². The molecule has 0 aromatic rings. The molecule has 0 radical (unpaired) electrons. The van der Waals surface area contributed by atoms with Gasteiger partial charge >= 0.3 is 0 Å². The minimum atomic E-state index is -0.747. The van der Waals surface area contributed by atoms with Crippen LogP contribution in [0.1, 0.15) is 40.0 Å². The summed E-state index contributed by atoms with van der Waals surface area (Å²) in [6, 6.07) is 0. The van der Waals surface area contributed by atoms with Crippen molar-refractivity contribution in [3.63, 3.8) is 0 Å². The second-order valence-electron chi connectivity index (χ2n) is 6.38. The van der Waals surface area contributed by atoms with Crippen LogP contribution in [-0.4, -0.2) is 28.2 Å². The SMILES string of the molecule is CC1=C[C@H]2[C@H]([C@H](C)CO)CC[C@@](C)(O)[C@H]2CC1=O. The normalized spacial score (nSPS) is 42.2. The van der Waals surface area contributed by atoms with Gasteiger partial charge in [0, 0.05) is 18.9 Å². The molecule has 0 aromatic carbocycles. The van der Waals surface area contributed by atoms with E-state index in [1.807, 2.05) is 19.9 Å². The summed E-state index contributed by atoms with van der Waals surface area (Å²) in [6.45, 7) is 5.95. The lowest BCUT2D eigenvalue weighted by Gasteiger charge is -2.49. The second kappa shape index (κ2) is 4.78. The highest BCUT2D eigenvalue weighted by Crippen LogP contribution is 2.48. The average molecular weight is 252 g/mol. The van der Waals surface area contributed by atoms with E-state index >= 15 is 0 Å². The van der Waals surface area contributed by atoms with Crippen molar-refractivity contribution in [2.24, 2.45) is 23.7 Å². The van der Waals surface area contributed by atoms with E-state index < -0.39 is 5.60 Å². The minimum Gasteiger partial charge on any atom is -0.396 e. The number of hydrogen-bond donors (Lipinski definition) is 2. The van der Waals surface area contributed by atoms with E-state index in [1.54, 1.807) is 0 Å². The summed E-state index contributed by atoms with van der Waals surface area (Å²) in [5.74, 6) is 1.01. The van der Waals surface area contributed by atoms with E-state index in [0.29, 0.717) is 12.3 Å². The maximum atomic E-state index is 11.9. The summed E-state index contributed by atoms with van der Waals surface area (Å²) < 4.78 is 0. The monoisotopic (exact) mass is 252 g/mol. The number of allylic oxidation sites excluding steroid dienone is 2. The van der Waals surface area contributed by atoms with Crippen molar-refractivity contribution in [1.29, 1.82) is 0 Å². The Balaban J connectivity index is 2.33. The van der Waals surface area contributed by atoms with Gasteiger partial charge in [0.05, 0.1) is 5.60 Å². The van der Waals surface area contributed by atoms with Crippen LogP contribution in [0.25, 0.3) is 0 Å². The Hall–Kier alpha value is -0.670. The van der Waals surface area contributed by atoms with Crippen LogP contribution < -0.4 is 0 Å². The first-order valence-electron chi connectivity index (χ1n) is 6.91. The average Bonchev–Trinajstić information content (AvgIpc) is 2.31. The van der Waals surface area contributed by atoms with Crippen molar-refractivity contribution < 1.29 is 15.0 Å². The topological polar surface area (TPSA) is 57.5 Å². The maximum absolute atomic E-state index is 11.9. The van der Waals surface area contributed by atoms with Gasteiger partial charge in [-0.1, -0.05) is 13.0 Å². The van der Waals surface area contributed by atoms with E-state index in [0.717, 1.165) is 18.4 Å². The van der Waals surface area contributed by atoms with Crippen molar-refractivity contribution in [2.75, 3.05) is 6.61 Å². The van der Waals surface area contributed by atoms with Crippen LogP contribution in [0, 0.1) is 23.7 Å². The van der Waals surface area contributed by atoms with Gasteiger partial charge in [0.1, 0.15) is 0 Å². The predicted molar refractivity (Wildman–Crippen MR) is 70.0 cm³/mol. The number of aliphatic hydroxyl groups is 2. The third-order valence-corrected chi connectivity index (χ3v) is 5.05. The van der Waals surface area contributed by atoms with E-state index in [4.69, 9.17) is 0 Å². The smallest absolute Gasteiger partial charge is 0.158 e. The molecule has 1 saturated carbocycles. The summed E-state index contributed by atoms with van der Waals surface area (Å²) in [7, 11) is 0. The highest BCUT2D eigenvalue weighted by atomic mass is 16.3. The Bertz CT molecular complexity index is 370. The van der Waals surface area contributed by atoms with Crippen LogP contribution in [0.3, 0.4) is 0 Å². The third kappa shape index (κ3) is 2.26. The first kappa shape index (κ1) is 13.8. The molecule has 5 atom stereocenters.